The third kappa shape index (κ3) is 2.94. The molecule has 0 aliphatic heterocycles. The number of hydrogen-bond acceptors (Lipinski definition) is 4. The second-order valence-corrected chi connectivity index (χ2v) is 6.64. The van der Waals surface area contributed by atoms with E-state index >= 15 is 0 Å². The number of nitriles is 1. The highest BCUT2D eigenvalue weighted by Crippen LogP contribution is 2.33. The number of hydrogen-bond donors (Lipinski definition) is 1. The van der Waals surface area contributed by atoms with Crippen LogP contribution in [0.3, 0.4) is 0 Å². The van der Waals surface area contributed by atoms with E-state index in [9.17, 15) is 10.4 Å². The lowest BCUT2D eigenvalue weighted by atomic mass is 10.0. The van der Waals surface area contributed by atoms with Crippen LogP contribution in [0.5, 0.6) is 0 Å². The Morgan fingerprint density at radius 2 is 1.71 bits per heavy atom. The highest BCUT2D eigenvalue weighted by molar-refractivity contribution is 7.13. The second kappa shape index (κ2) is 6.69. The predicted octanol–water partition coefficient (Wildman–Crippen LogP) is 5.38. The number of aliphatic hydroxyl groups is 1. The van der Waals surface area contributed by atoms with Crippen molar-refractivity contribution in [2.24, 2.45) is 0 Å². The van der Waals surface area contributed by atoms with Crippen LogP contribution in [0.25, 0.3) is 22.6 Å². The van der Waals surface area contributed by atoms with Crippen LogP contribution < -0.4 is 0 Å². The number of aliphatic hydroxyl groups excluding tert-OH is 1. The molecule has 0 amide bonds. The van der Waals surface area contributed by atoms with Crippen LogP contribution in [-0.2, 0) is 0 Å². The van der Waals surface area contributed by atoms with E-state index in [2.05, 4.69) is 11.1 Å². The lowest BCUT2D eigenvalue weighted by Gasteiger charge is -2.05. The first kappa shape index (κ1) is 16.0. The van der Waals surface area contributed by atoms with Gasteiger partial charge in [0, 0.05) is 16.0 Å². The number of aromatic nitrogens is 1. The molecule has 3 nitrogen and oxygen atoms in total. The quantitative estimate of drug-likeness (QED) is 0.517. The minimum atomic E-state index is -0.0241. The first-order valence-corrected chi connectivity index (χ1v) is 8.36. The molecule has 0 aliphatic rings. The van der Waals surface area contributed by atoms with Gasteiger partial charge < -0.3 is 5.11 Å². The molecule has 118 valence electrons. The normalized spacial score (nSPS) is 11.7. The molecule has 4 heteroatoms. The van der Waals surface area contributed by atoms with Gasteiger partial charge in [-0.1, -0.05) is 54.6 Å². The third-order valence-corrected chi connectivity index (χ3v) is 4.79. The highest BCUT2D eigenvalue weighted by Gasteiger charge is 2.18. The van der Waals surface area contributed by atoms with Gasteiger partial charge in [0.05, 0.1) is 5.69 Å². The smallest absolute Gasteiger partial charge is 0.143 e. The first-order valence-electron chi connectivity index (χ1n) is 7.54. The van der Waals surface area contributed by atoms with Gasteiger partial charge in [-0.3, -0.25) is 0 Å². The molecule has 0 saturated heterocycles. The minimum Gasteiger partial charge on any atom is -0.506 e. The van der Waals surface area contributed by atoms with Crippen molar-refractivity contribution in [1.82, 2.24) is 4.98 Å². The van der Waals surface area contributed by atoms with E-state index in [1.807, 2.05) is 62.4 Å². The number of allylic oxidation sites excluding steroid dienone is 1. The maximum absolute atomic E-state index is 10.6. The molecule has 0 aliphatic carbocycles. The summed E-state index contributed by atoms with van der Waals surface area (Å²) in [5.41, 5.74) is 3.63. The number of benzene rings is 2. The monoisotopic (exact) mass is 332 g/mol. The van der Waals surface area contributed by atoms with Crippen molar-refractivity contribution in [3.8, 4) is 17.3 Å². The van der Waals surface area contributed by atoms with E-state index in [-0.39, 0.29) is 11.3 Å². The van der Waals surface area contributed by atoms with Crippen molar-refractivity contribution in [2.75, 3.05) is 0 Å². The molecule has 3 rings (SSSR count). The lowest BCUT2D eigenvalue weighted by Crippen LogP contribution is -1.92. The van der Waals surface area contributed by atoms with Crippen molar-refractivity contribution in [3.05, 3.63) is 75.6 Å². The molecular weight excluding hydrogens is 316 g/mol. The fourth-order valence-electron chi connectivity index (χ4n) is 2.54. The number of aryl methyl sites for hydroxylation is 2. The van der Waals surface area contributed by atoms with Gasteiger partial charge in [0.15, 0.2) is 0 Å². The molecule has 0 radical (unpaired) electrons. The average molecular weight is 332 g/mol. The molecule has 3 aromatic rings. The molecule has 0 bridgehead atoms. The van der Waals surface area contributed by atoms with E-state index in [1.54, 1.807) is 6.07 Å². The predicted molar refractivity (Wildman–Crippen MR) is 98.5 cm³/mol. The van der Waals surface area contributed by atoms with Crippen molar-refractivity contribution >= 4 is 22.7 Å². The summed E-state index contributed by atoms with van der Waals surface area (Å²) >= 11 is 1.42. The van der Waals surface area contributed by atoms with E-state index in [0.717, 1.165) is 21.7 Å². The van der Waals surface area contributed by atoms with Gasteiger partial charge in [0.1, 0.15) is 22.4 Å². The standard InChI is InChI=1S/C20H16N2OS/c1-13-8-6-7-11-16(13)19(23)17(12-21)20-22-18(14(2)24-20)15-9-4-3-5-10-15/h3-11,23H,1-2H3. The summed E-state index contributed by atoms with van der Waals surface area (Å²) in [6.45, 7) is 3.88. The fraction of sp³-hybridized carbons (Fsp3) is 0.100. The largest absolute Gasteiger partial charge is 0.506 e. The molecular formula is C20H16N2OS. The Balaban J connectivity index is 2.12. The van der Waals surface area contributed by atoms with Crippen molar-refractivity contribution in [3.63, 3.8) is 0 Å². The summed E-state index contributed by atoms with van der Waals surface area (Å²) in [4.78, 5) is 5.62. The molecule has 1 aromatic heterocycles. The van der Waals surface area contributed by atoms with Gasteiger partial charge >= 0.3 is 0 Å². The summed E-state index contributed by atoms with van der Waals surface area (Å²) in [5.74, 6) is -0.0241. The van der Waals surface area contributed by atoms with E-state index in [4.69, 9.17) is 0 Å². The van der Waals surface area contributed by atoms with Crippen LogP contribution >= 0.6 is 11.3 Å². The maximum atomic E-state index is 10.6. The number of rotatable bonds is 3. The van der Waals surface area contributed by atoms with Crippen LogP contribution in [0.15, 0.2) is 54.6 Å². The van der Waals surface area contributed by atoms with Gasteiger partial charge in [-0.05, 0) is 19.4 Å². The molecule has 0 atom stereocenters. The van der Waals surface area contributed by atoms with E-state index in [1.165, 1.54) is 11.3 Å². The van der Waals surface area contributed by atoms with Gasteiger partial charge in [0.2, 0.25) is 0 Å². The topological polar surface area (TPSA) is 56.9 Å². The second-order valence-electron chi connectivity index (χ2n) is 5.44. The van der Waals surface area contributed by atoms with Crippen LogP contribution in [-0.4, -0.2) is 10.1 Å². The summed E-state index contributed by atoms with van der Waals surface area (Å²) in [7, 11) is 0. The van der Waals surface area contributed by atoms with Crippen LogP contribution in [0.4, 0.5) is 0 Å². The van der Waals surface area contributed by atoms with Crippen molar-refractivity contribution in [2.45, 2.75) is 13.8 Å². The van der Waals surface area contributed by atoms with Gasteiger partial charge in [-0.2, -0.15) is 5.26 Å². The fourth-order valence-corrected chi connectivity index (χ4v) is 3.47. The van der Waals surface area contributed by atoms with Gasteiger partial charge in [-0.25, -0.2) is 4.98 Å². The Morgan fingerprint density at radius 1 is 1.04 bits per heavy atom. The average Bonchev–Trinajstić information content (AvgIpc) is 2.98. The van der Waals surface area contributed by atoms with Crippen molar-refractivity contribution < 1.29 is 5.11 Å². The van der Waals surface area contributed by atoms with E-state index < -0.39 is 0 Å². The Bertz CT molecular complexity index is 949. The number of thiazole rings is 1. The minimum absolute atomic E-state index is 0.0241. The molecule has 0 saturated carbocycles. The summed E-state index contributed by atoms with van der Waals surface area (Å²) in [6.07, 6.45) is 0. The highest BCUT2D eigenvalue weighted by atomic mass is 32.1. The van der Waals surface area contributed by atoms with Crippen LogP contribution in [0.2, 0.25) is 0 Å². The Kier molecular flexibility index (Phi) is 4.45. The molecule has 0 unspecified atom stereocenters. The Morgan fingerprint density at radius 3 is 2.38 bits per heavy atom. The van der Waals surface area contributed by atoms with Gasteiger partial charge in [-0.15, -0.1) is 11.3 Å². The molecule has 24 heavy (non-hydrogen) atoms. The molecule has 1 N–H and O–H groups in total. The van der Waals surface area contributed by atoms with Crippen LogP contribution in [0.1, 0.15) is 21.0 Å². The molecule has 0 fully saturated rings. The zero-order valence-electron chi connectivity index (χ0n) is 13.4. The summed E-state index contributed by atoms with van der Waals surface area (Å²) < 4.78 is 0. The van der Waals surface area contributed by atoms with E-state index in [0.29, 0.717) is 10.6 Å². The SMILES string of the molecule is Cc1ccccc1C(O)=C(C#N)c1nc(-c2ccccc2)c(C)s1. The van der Waals surface area contributed by atoms with Gasteiger partial charge in [0.25, 0.3) is 0 Å². The summed E-state index contributed by atoms with van der Waals surface area (Å²) in [5, 5.41) is 20.7. The van der Waals surface area contributed by atoms with Crippen LogP contribution in [0, 0.1) is 25.2 Å². The first-order chi connectivity index (χ1) is 11.6. The molecule has 0 spiro atoms. The Hall–Kier alpha value is -2.90. The maximum Gasteiger partial charge on any atom is 0.143 e. The zero-order valence-corrected chi connectivity index (χ0v) is 14.3. The van der Waals surface area contributed by atoms with Crippen molar-refractivity contribution in [1.29, 1.82) is 5.26 Å². The zero-order chi connectivity index (χ0) is 17.1. The summed E-state index contributed by atoms with van der Waals surface area (Å²) in [6, 6.07) is 19.4. The molecule has 1 heterocycles. The number of nitrogens with zero attached hydrogens (tertiary/aromatic N) is 2. The molecule has 2 aromatic carbocycles. The third-order valence-electron chi connectivity index (χ3n) is 3.81. The lowest BCUT2D eigenvalue weighted by molar-refractivity contribution is 0.513. The Labute approximate surface area is 145 Å².